The van der Waals surface area contributed by atoms with Gasteiger partial charge in [0.25, 0.3) is 0 Å². The summed E-state index contributed by atoms with van der Waals surface area (Å²) < 4.78 is 0. The summed E-state index contributed by atoms with van der Waals surface area (Å²) in [6.07, 6.45) is 4.41. The fourth-order valence-corrected chi connectivity index (χ4v) is 1.17. The van der Waals surface area contributed by atoms with E-state index in [2.05, 4.69) is 11.5 Å². The molecular formula is C9H14O3. The number of rotatable bonds is 3. The fraction of sp³-hybridized carbons (Fsp3) is 0.667. The molecule has 0 aromatic heterocycles. The Morgan fingerprint density at radius 1 is 1.42 bits per heavy atom. The van der Waals surface area contributed by atoms with Crippen LogP contribution in [0, 0.1) is 0 Å². The summed E-state index contributed by atoms with van der Waals surface area (Å²) in [5.41, 5.74) is 0.369. The zero-order valence-electron chi connectivity index (χ0n) is 7.34. The molecule has 0 aliphatic heterocycles. The maximum Gasteiger partial charge on any atom is 0.368 e. The highest BCUT2D eigenvalue weighted by Gasteiger charge is 2.18. The van der Waals surface area contributed by atoms with Gasteiger partial charge >= 0.3 is 5.97 Å². The van der Waals surface area contributed by atoms with Crippen molar-refractivity contribution >= 4 is 5.97 Å². The van der Waals surface area contributed by atoms with E-state index in [9.17, 15) is 4.79 Å². The highest BCUT2D eigenvalue weighted by Crippen LogP contribution is 2.21. The van der Waals surface area contributed by atoms with Crippen LogP contribution in [0.15, 0.2) is 12.2 Å². The van der Waals surface area contributed by atoms with Crippen molar-refractivity contribution in [3.63, 3.8) is 0 Å². The van der Waals surface area contributed by atoms with Crippen LogP contribution in [-0.2, 0) is 14.6 Å². The standard InChI is InChI=1S/C9H14O3/c1-7(2)9(10)12-11-8-5-3-4-6-8/h8H,1,3-6H2,2H3. The van der Waals surface area contributed by atoms with Gasteiger partial charge in [-0.3, -0.25) is 4.89 Å². The molecule has 1 aliphatic rings. The first-order chi connectivity index (χ1) is 5.70. The molecule has 0 aromatic carbocycles. The minimum atomic E-state index is -0.470. The van der Waals surface area contributed by atoms with Gasteiger partial charge in [0.2, 0.25) is 0 Å². The lowest BCUT2D eigenvalue weighted by molar-refractivity contribution is -0.293. The summed E-state index contributed by atoms with van der Waals surface area (Å²) >= 11 is 0. The van der Waals surface area contributed by atoms with E-state index in [1.807, 2.05) is 0 Å². The van der Waals surface area contributed by atoms with E-state index in [4.69, 9.17) is 4.89 Å². The molecule has 1 aliphatic carbocycles. The van der Waals surface area contributed by atoms with Gasteiger partial charge in [0, 0.05) is 5.57 Å². The Balaban J connectivity index is 2.16. The minimum absolute atomic E-state index is 0.105. The van der Waals surface area contributed by atoms with Crippen molar-refractivity contribution in [2.24, 2.45) is 0 Å². The third-order valence-corrected chi connectivity index (χ3v) is 1.91. The molecule has 0 radical (unpaired) electrons. The van der Waals surface area contributed by atoms with Crippen molar-refractivity contribution in [2.45, 2.75) is 38.7 Å². The summed E-state index contributed by atoms with van der Waals surface area (Å²) in [6.45, 7) is 5.04. The first-order valence-electron chi connectivity index (χ1n) is 4.23. The molecule has 3 heteroatoms. The van der Waals surface area contributed by atoms with Crippen LogP contribution in [0.1, 0.15) is 32.6 Å². The molecule has 0 saturated heterocycles. The van der Waals surface area contributed by atoms with Crippen molar-refractivity contribution in [3.05, 3.63) is 12.2 Å². The van der Waals surface area contributed by atoms with Crippen LogP contribution in [0.3, 0.4) is 0 Å². The van der Waals surface area contributed by atoms with Crippen molar-refractivity contribution < 1.29 is 14.6 Å². The van der Waals surface area contributed by atoms with Gasteiger partial charge in [-0.2, -0.15) is 4.89 Å². The third kappa shape index (κ3) is 2.66. The normalized spacial score (nSPS) is 17.8. The Labute approximate surface area is 72.3 Å². The van der Waals surface area contributed by atoms with Crippen LogP contribution in [-0.4, -0.2) is 12.1 Å². The van der Waals surface area contributed by atoms with Crippen LogP contribution >= 0.6 is 0 Å². The van der Waals surface area contributed by atoms with E-state index in [1.165, 1.54) is 0 Å². The summed E-state index contributed by atoms with van der Waals surface area (Å²) in [4.78, 5) is 20.3. The second-order valence-electron chi connectivity index (χ2n) is 3.15. The first-order valence-corrected chi connectivity index (χ1v) is 4.23. The van der Waals surface area contributed by atoms with Crippen molar-refractivity contribution in [1.29, 1.82) is 0 Å². The topological polar surface area (TPSA) is 35.5 Å². The average Bonchev–Trinajstić information content (AvgIpc) is 2.51. The quantitative estimate of drug-likeness (QED) is 0.369. The Bertz CT molecular complexity index is 180. The lowest BCUT2D eigenvalue weighted by Crippen LogP contribution is -2.13. The molecule has 0 heterocycles. The minimum Gasteiger partial charge on any atom is -0.293 e. The maximum atomic E-state index is 10.9. The van der Waals surface area contributed by atoms with E-state index in [0.717, 1.165) is 25.7 Å². The van der Waals surface area contributed by atoms with Crippen molar-refractivity contribution in [2.75, 3.05) is 0 Å². The van der Waals surface area contributed by atoms with Gasteiger partial charge in [-0.05, 0) is 19.8 Å². The fourth-order valence-electron chi connectivity index (χ4n) is 1.17. The second-order valence-corrected chi connectivity index (χ2v) is 3.15. The molecule has 0 bridgehead atoms. The van der Waals surface area contributed by atoms with E-state index >= 15 is 0 Å². The molecular weight excluding hydrogens is 156 g/mol. The third-order valence-electron chi connectivity index (χ3n) is 1.91. The van der Waals surface area contributed by atoms with E-state index < -0.39 is 5.97 Å². The predicted molar refractivity (Wildman–Crippen MR) is 44.2 cm³/mol. The number of carbonyl (C=O) groups excluding carboxylic acids is 1. The molecule has 1 saturated carbocycles. The molecule has 68 valence electrons. The number of carbonyl (C=O) groups is 1. The number of hydrogen-bond donors (Lipinski definition) is 0. The van der Waals surface area contributed by atoms with Gasteiger partial charge < -0.3 is 0 Å². The molecule has 0 aromatic rings. The van der Waals surface area contributed by atoms with E-state index in [0.29, 0.717) is 5.57 Å². The average molecular weight is 170 g/mol. The molecule has 1 fully saturated rings. The Hall–Kier alpha value is -0.830. The monoisotopic (exact) mass is 170 g/mol. The highest BCUT2D eigenvalue weighted by atomic mass is 17.2. The largest absolute Gasteiger partial charge is 0.368 e. The second kappa shape index (κ2) is 4.26. The van der Waals surface area contributed by atoms with E-state index in [-0.39, 0.29) is 6.10 Å². The van der Waals surface area contributed by atoms with E-state index in [1.54, 1.807) is 6.92 Å². The Morgan fingerprint density at radius 3 is 2.50 bits per heavy atom. The van der Waals surface area contributed by atoms with Crippen LogP contribution in [0.5, 0.6) is 0 Å². The zero-order valence-corrected chi connectivity index (χ0v) is 7.34. The van der Waals surface area contributed by atoms with Gasteiger partial charge in [0.15, 0.2) is 0 Å². The molecule has 3 nitrogen and oxygen atoms in total. The summed E-state index contributed by atoms with van der Waals surface area (Å²) in [5, 5.41) is 0. The lowest BCUT2D eigenvalue weighted by atomic mass is 10.3. The van der Waals surface area contributed by atoms with Crippen LogP contribution < -0.4 is 0 Å². The van der Waals surface area contributed by atoms with Gasteiger partial charge in [0.1, 0.15) is 6.10 Å². The Kier molecular flexibility index (Phi) is 3.29. The van der Waals surface area contributed by atoms with Gasteiger partial charge in [-0.15, -0.1) is 0 Å². The Morgan fingerprint density at radius 2 is 2.00 bits per heavy atom. The van der Waals surface area contributed by atoms with Gasteiger partial charge in [-0.1, -0.05) is 19.4 Å². The molecule has 0 amide bonds. The van der Waals surface area contributed by atoms with Gasteiger partial charge in [0.05, 0.1) is 0 Å². The number of hydrogen-bond acceptors (Lipinski definition) is 3. The van der Waals surface area contributed by atoms with Gasteiger partial charge in [-0.25, -0.2) is 4.79 Å². The summed E-state index contributed by atoms with van der Waals surface area (Å²) in [7, 11) is 0. The zero-order chi connectivity index (χ0) is 8.97. The van der Waals surface area contributed by atoms with Crippen LogP contribution in [0.4, 0.5) is 0 Å². The molecule has 0 spiro atoms. The molecule has 0 atom stereocenters. The molecule has 1 rings (SSSR count). The lowest BCUT2D eigenvalue weighted by Gasteiger charge is -2.08. The van der Waals surface area contributed by atoms with Crippen molar-refractivity contribution in [1.82, 2.24) is 0 Å². The predicted octanol–water partition coefficient (Wildman–Crippen LogP) is 1.98. The molecule has 0 unspecified atom stereocenters. The summed E-state index contributed by atoms with van der Waals surface area (Å²) in [5.74, 6) is -0.470. The highest BCUT2D eigenvalue weighted by molar-refractivity contribution is 5.86. The van der Waals surface area contributed by atoms with Crippen LogP contribution in [0.25, 0.3) is 0 Å². The van der Waals surface area contributed by atoms with Crippen molar-refractivity contribution in [3.8, 4) is 0 Å². The smallest absolute Gasteiger partial charge is 0.293 e. The molecule has 0 N–H and O–H groups in total. The van der Waals surface area contributed by atoms with Crippen LogP contribution in [0.2, 0.25) is 0 Å². The summed E-state index contributed by atoms with van der Waals surface area (Å²) in [6, 6.07) is 0. The SMILES string of the molecule is C=C(C)C(=O)OOC1CCCC1. The molecule has 12 heavy (non-hydrogen) atoms. The first kappa shape index (κ1) is 9.26. The maximum absolute atomic E-state index is 10.9.